The standard InChI is InChI=1S/C10H8Cl2N2O/c1-14-9(5-11)13-8-4-6(12)2-3-7(8)10(14)15/h2-4H,5H2,1H3. The molecule has 0 saturated carbocycles. The summed E-state index contributed by atoms with van der Waals surface area (Å²) in [5.74, 6) is 0.741. The summed E-state index contributed by atoms with van der Waals surface area (Å²) in [6.45, 7) is 0. The summed E-state index contributed by atoms with van der Waals surface area (Å²) in [5, 5.41) is 1.11. The molecule has 0 unspecified atom stereocenters. The third-order valence-electron chi connectivity index (χ3n) is 2.25. The molecule has 0 spiro atoms. The minimum atomic E-state index is -0.104. The molecule has 0 bridgehead atoms. The molecule has 15 heavy (non-hydrogen) atoms. The summed E-state index contributed by atoms with van der Waals surface area (Å²) in [5.41, 5.74) is 0.480. The fourth-order valence-electron chi connectivity index (χ4n) is 1.41. The van der Waals surface area contributed by atoms with E-state index in [9.17, 15) is 4.79 Å². The average Bonchev–Trinajstić information content (AvgIpc) is 2.23. The number of halogens is 2. The van der Waals surface area contributed by atoms with Gasteiger partial charge in [-0.25, -0.2) is 4.98 Å². The second-order valence-electron chi connectivity index (χ2n) is 3.19. The normalized spacial score (nSPS) is 10.9. The highest BCUT2D eigenvalue weighted by Crippen LogP contribution is 2.15. The van der Waals surface area contributed by atoms with Gasteiger partial charge in [0.15, 0.2) is 0 Å². The van der Waals surface area contributed by atoms with E-state index in [2.05, 4.69) is 4.98 Å². The molecular weight excluding hydrogens is 235 g/mol. The molecule has 1 heterocycles. The number of hydrogen-bond acceptors (Lipinski definition) is 2. The van der Waals surface area contributed by atoms with Crippen LogP contribution in [0.3, 0.4) is 0 Å². The van der Waals surface area contributed by atoms with Gasteiger partial charge >= 0.3 is 0 Å². The number of rotatable bonds is 1. The lowest BCUT2D eigenvalue weighted by Gasteiger charge is -2.06. The van der Waals surface area contributed by atoms with Gasteiger partial charge in [0.05, 0.1) is 16.8 Å². The molecule has 2 rings (SSSR count). The maximum absolute atomic E-state index is 11.8. The van der Waals surface area contributed by atoms with Crippen LogP contribution in [-0.2, 0) is 12.9 Å². The van der Waals surface area contributed by atoms with Crippen LogP contribution in [-0.4, -0.2) is 9.55 Å². The molecule has 0 amide bonds. The minimum absolute atomic E-state index is 0.104. The predicted molar refractivity (Wildman–Crippen MR) is 61.6 cm³/mol. The number of alkyl halides is 1. The fourth-order valence-corrected chi connectivity index (χ4v) is 1.81. The first-order chi connectivity index (χ1) is 7.13. The maximum atomic E-state index is 11.8. The zero-order valence-electron chi connectivity index (χ0n) is 8.00. The molecule has 5 heteroatoms. The van der Waals surface area contributed by atoms with Crippen molar-refractivity contribution in [1.82, 2.24) is 9.55 Å². The van der Waals surface area contributed by atoms with Gasteiger partial charge in [-0.15, -0.1) is 11.6 Å². The monoisotopic (exact) mass is 242 g/mol. The molecule has 0 atom stereocenters. The quantitative estimate of drug-likeness (QED) is 0.720. The molecule has 0 fully saturated rings. The second-order valence-corrected chi connectivity index (χ2v) is 3.89. The van der Waals surface area contributed by atoms with Crippen molar-refractivity contribution < 1.29 is 0 Å². The van der Waals surface area contributed by atoms with Gasteiger partial charge in [-0.3, -0.25) is 9.36 Å². The molecule has 1 aromatic heterocycles. The van der Waals surface area contributed by atoms with Gasteiger partial charge in [-0.1, -0.05) is 11.6 Å². The van der Waals surface area contributed by atoms with E-state index in [0.29, 0.717) is 21.7 Å². The van der Waals surface area contributed by atoms with Gasteiger partial charge in [0.25, 0.3) is 5.56 Å². The molecular formula is C10H8Cl2N2O. The van der Waals surface area contributed by atoms with E-state index < -0.39 is 0 Å². The number of benzene rings is 1. The van der Waals surface area contributed by atoms with Crippen LogP contribution >= 0.6 is 23.2 Å². The first-order valence-corrected chi connectivity index (χ1v) is 5.26. The smallest absolute Gasteiger partial charge is 0.261 e. The van der Waals surface area contributed by atoms with E-state index >= 15 is 0 Å². The van der Waals surface area contributed by atoms with Crippen molar-refractivity contribution in [2.45, 2.75) is 5.88 Å². The van der Waals surface area contributed by atoms with Crippen molar-refractivity contribution >= 4 is 34.1 Å². The Labute approximate surface area is 96.3 Å². The van der Waals surface area contributed by atoms with E-state index in [1.54, 1.807) is 25.2 Å². The zero-order valence-corrected chi connectivity index (χ0v) is 9.51. The zero-order chi connectivity index (χ0) is 11.0. The van der Waals surface area contributed by atoms with Crippen LogP contribution in [0.5, 0.6) is 0 Å². The maximum Gasteiger partial charge on any atom is 0.261 e. The van der Waals surface area contributed by atoms with E-state index in [0.717, 1.165) is 0 Å². The largest absolute Gasteiger partial charge is 0.298 e. The molecule has 0 N–H and O–H groups in total. The Morgan fingerprint density at radius 2 is 2.20 bits per heavy atom. The summed E-state index contributed by atoms with van der Waals surface area (Å²) in [6.07, 6.45) is 0. The van der Waals surface area contributed by atoms with Gasteiger partial charge in [-0.05, 0) is 18.2 Å². The lowest BCUT2D eigenvalue weighted by atomic mass is 10.2. The molecule has 0 aliphatic heterocycles. The fraction of sp³-hybridized carbons (Fsp3) is 0.200. The lowest BCUT2D eigenvalue weighted by molar-refractivity contribution is 0.783. The molecule has 0 radical (unpaired) electrons. The third kappa shape index (κ3) is 1.73. The van der Waals surface area contributed by atoms with Gasteiger partial charge in [-0.2, -0.15) is 0 Å². The molecule has 78 valence electrons. The van der Waals surface area contributed by atoms with Crippen molar-refractivity contribution in [3.05, 3.63) is 39.4 Å². The number of aromatic nitrogens is 2. The topological polar surface area (TPSA) is 34.9 Å². The Morgan fingerprint density at radius 3 is 2.87 bits per heavy atom. The Bertz CT molecular complexity index is 577. The van der Waals surface area contributed by atoms with Crippen molar-refractivity contribution in [2.75, 3.05) is 0 Å². The van der Waals surface area contributed by atoms with Crippen LogP contribution in [0.1, 0.15) is 5.82 Å². The number of nitrogens with zero attached hydrogens (tertiary/aromatic N) is 2. The third-order valence-corrected chi connectivity index (χ3v) is 2.73. The SMILES string of the molecule is Cn1c(CCl)nc2cc(Cl)ccc2c1=O. The van der Waals surface area contributed by atoms with Crippen molar-refractivity contribution in [3.8, 4) is 0 Å². The Balaban J connectivity index is 2.91. The molecule has 1 aromatic carbocycles. The Morgan fingerprint density at radius 1 is 1.47 bits per heavy atom. The Hall–Kier alpha value is -1.06. The summed E-state index contributed by atoms with van der Waals surface area (Å²) < 4.78 is 1.45. The average molecular weight is 243 g/mol. The van der Waals surface area contributed by atoms with E-state index in [-0.39, 0.29) is 11.4 Å². The summed E-state index contributed by atoms with van der Waals surface area (Å²) in [4.78, 5) is 16.1. The van der Waals surface area contributed by atoms with Crippen LogP contribution in [0.15, 0.2) is 23.0 Å². The van der Waals surface area contributed by atoms with E-state index in [1.807, 2.05) is 0 Å². The lowest BCUT2D eigenvalue weighted by Crippen LogP contribution is -2.21. The first kappa shape index (κ1) is 10.5. The van der Waals surface area contributed by atoms with Gasteiger partial charge < -0.3 is 0 Å². The van der Waals surface area contributed by atoms with Crippen LogP contribution in [0, 0.1) is 0 Å². The second kappa shape index (κ2) is 3.83. The van der Waals surface area contributed by atoms with Crippen molar-refractivity contribution in [3.63, 3.8) is 0 Å². The highest BCUT2D eigenvalue weighted by molar-refractivity contribution is 6.31. The van der Waals surface area contributed by atoms with Gasteiger partial charge in [0.2, 0.25) is 0 Å². The summed E-state index contributed by atoms with van der Waals surface area (Å²) in [6, 6.07) is 5.01. The summed E-state index contributed by atoms with van der Waals surface area (Å²) in [7, 11) is 1.65. The van der Waals surface area contributed by atoms with E-state index in [1.165, 1.54) is 4.57 Å². The predicted octanol–water partition coefficient (Wildman–Crippen LogP) is 2.33. The molecule has 2 aromatic rings. The highest BCUT2D eigenvalue weighted by atomic mass is 35.5. The van der Waals surface area contributed by atoms with Crippen LogP contribution in [0.2, 0.25) is 5.02 Å². The first-order valence-electron chi connectivity index (χ1n) is 4.34. The van der Waals surface area contributed by atoms with Crippen molar-refractivity contribution in [2.24, 2.45) is 7.05 Å². The number of fused-ring (bicyclic) bond motifs is 1. The van der Waals surface area contributed by atoms with E-state index in [4.69, 9.17) is 23.2 Å². The highest BCUT2D eigenvalue weighted by Gasteiger charge is 2.07. The number of hydrogen-bond donors (Lipinski definition) is 0. The van der Waals surface area contributed by atoms with Gasteiger partial charge in [0.1, 0.15) is 5.82 Å². The molecule has 0 saturated heterocycles. The van der Waals surface area contributed by atoms with Crippen LogP contribution in [0.25, 0.3) is 10.9 Å². The molecule has 0 aliphatic rings. The molecule has 3 nitrogen and oxygen atoms in total. The minimum Gasteiger partial charge on any atom is -0.298 e. The van der Waals surface area contributed by atoms with Crippen molar-refractivity contribution in [1.29, 1.82) is 0 Å². The van der Waals surface area contributed by atoms with Gasteiger partial charge in [0, 0.05) is 12.1 Å². The Kier molecular flexibility index (Phi) is 2.67. The van der Waals surface area contributed by atoms with Crippen LogP contribution < -0.4 is 5.56 Å². The van der Waals surface area contributed by atoms with Crippen LogP contribution in [0.4, 0.5) is 0 Å². The summed E-state index contributed by atoms with van der Waals surface area (Å²) >= 11 is 11.5. The molecule has 0 aliphatic carbocycles.